The third-order valence-electron chi connectivity index (χ3n) is 2.74. The van der Waals surface area contributed by atoms with E-state index >= 15 is 0 Å². The number of hydrogen-bond acceptors (Lipinski definition) is 4. The molecule has 0 radical (unpaired) electrons. The fourth-order valence-electron chi connectivity index (χ4n) is 1.77. The van der Waals surface area contributed by atoms with Crippen LogP contribution in [0.5, 0.6) is 11.5 Å². The lowest BCUT2D eigenvalue weighted by atomic mass is 10.1. The number of ether oxygens (including phenoxy) is 2. The van der Waals surface area contributed by atoms with Crippen LogP contribution in [0.2, 0.25) is 0 Å². The van der Waals surface area contributed by atoms with E-state index < -0.39 is 0 Å². The molecule has 0 aromatic heterocycles. The molecule has 5 heteroatoms. The molecule has 20 heavy (non-hydrogen) atoms. The summed E-state index contributed by atoms with van der Waals surface area (Å²) < 4.78 is 23.7. The van der Waals surface area contributed by atoms with Crippen LogP contribution in [0.3, 0.4) is 0 Å². The molecule has 0 spiro atoms. The first-order valence-electron chi connectivity index (χ1n) is 6.01. The molecule has 4 nitrogen and oxygen atoms in total. The van der Waals surface area contributed by atoms with Crippen LogP contribution in [-0.4, -0.2) is 13.3 Å². The topological polar surface area (TPSA) is 56.8 Å². The highest BCUT2D eigenvalue weighted by Gasteiger charge is 2.05. The summed E-state index contributed by atoms with van der Waals surface area (Å²) >= 11 is 0. The van der Waals surface area contributed by atoms with E-state index in [0.717, 1.165) is 11.1 Å². The van der Waals surface area contributed by atoms with Crippen molar-refractivity contribution in [2.75, 3.05) is 7.11 Å². The molecule has 2 aromatic carbocycles. The molecule has 104 valence electrons. The van der Waals surface area contributed by atoms with Gasteiger partial charge in [-0.05, 0) is 48.0 Å². The van der Waals surface area contributed by atoms with E-state index in [1.807, 2.05) is 18.2 Å². The maximum atomic E-state index is 12.8. The Morgan fingerprint density at radius 2 is 1.95 bits per heavy atom. The molecule has 0 aliphatic heterocycles. The van der Waals surface area contributed by atoms with E-state index in [9.17, 15) is 4.39 Å². The van der Waals surface area contributed by atoms with Crippen molar-refractivity contribution in [1.29, 1.82) is 0 Å². The smallest absolute Gasteiger partial charge is 0.125 e. The molecule has 0 saturated carbocycles. The summed E-state index contributed by atoms with van der Waals surface area (Å²) in [5, 5.41) is 3.48. The van der Waals surface area contributed by atoms with E-state index in [2.05, 4.69) is 5.10 Å². The lowest BCUT2D eigenvalue weighted by Crippen LogP contribution is -2.00. The number of rotatable bonds is 5. The highest BCUT2D eigenvalue weighted by Crippen LogP contribution is 2.22. The minimum atomic E-state index is -0.295. The van der Waals surface area contributed by atoms with Crippen LogP contribution in [0, 0.1) is 5.82 Å². The van der Waals surface area contributed by atoms with Gasteiger partial charge in [0.15, 0.2) is 0 Å². The molecular weight excluding hydrogens is 259 g/mol. The Morgan fingerprint density at radius 1 is 1.20 bits per heavy atom. The standard InChI is InChI=1S/C15H15FN2O2/c1-19-15-7-2-11(9-18-17)8-12(15)10-20-14-5-3-13(16)4-6-14/h2-9H,10,17H2,1H3. The molecule has 0 amide bonds. The number of halogens is 1. The second-order valence-electron chi connectivity index (χ2n) is 4.09. The molecule has 0 aliphatic carbocycles. The van der Waals surface area contributed by atoms with Crippen LogP contribution >= 0.6 is 0 Å². The summed E-state index contributed by atoms with van der Waals surface area (Å²) in [7, 11) is 1.59. The van der Waals surface area contributed by atoms with Gasteiger partial charge in [0.05, 0.1) is 13.3 Å². The summed E-state index contributed by atoms with van der Waals surface area (Å²) in [6.07, 6.45) is 1.54. The van der Waals surface area contributed by atoms with Gasteiger partial charge in [0.25, 0.3) is 0 Å². The lowest BCUT2D eigenvalue weighted by Gasteiger charge is -2.11. The molecule has 0 saturated heterocycles. The van der Waals surface area contributed by atoms with Gasteiger partial charge in [0, 0.05) is 5.56 Å². The molecule has 0 unspecified atom stereocenters. The van der Waals surface area contributed by atoms with Crippen LogP contribution < -0.4 is 15.3 Å². The van der Waals surface area contributed by atoms with Crippen LogP contribution in [0.25, 0.3) is 0 Å². The van der Waals surface area contributed by atoms with Crippen molar-refractivity contribution in [1.82, 2.24) is 0 Å². The maximum Gasteiger partial charge on any atom is 0.125 e. The lowest BCUT2D eigenvalue weighted by molar-refractivity contribution is 0.296. The van der Waals surface area contributed by atoms with Gasteiger partial charge in [-0.15, -0.1) is 0 Å². The number of nitrogens with zero attached hydrogens (tertiary/aromatic N) is 1. The van der Waals surface area contributed by atoms with E-state index in [-0.39, 0.29) is 5.82 Å². The molecule has 2 rings (SSSR count). The van der Waals surface area contributed by atoms with E-state index in [1.165, 1.54) is 12.1 Å². The van der Waals surface area contributed by atoms with Gasteiger partial charge < -0.3 is 15.3 Å². The van der Waals surface area contributed by atoms with Gasteiger partial charge in [0.2, 0.25) is 0 Å². The average molecular weight is 274 g/mol. The zero-order chi connectivity index (χ0) is 14.4. The second-order valence-corrected chi connectivity index (χ2v) is 4.09. The molecule has 0 aliphatic rings. The molecule has 2 N–H and O–H groups in total. The van der Waals surface area contributed by atoms with Gasteiger partial charge in [-0.1, -0.05) is 0 Å². The van der Waals surface area contributed by atoms with Crippen LogP contribution in [0.1, 0.15) is 11.1 Å². The number of benzene rings is 2. The molecule has 0 heterocycles. The van der Waals surface area contributed by atoms with E-state index in [4.69, 9.17) is 15.3 Å². The highest BCUT2D eigenvalue weighted by molar-refractivity contribution is 5.80. The number of nitrogens with two attached hydrogens (primary N) is 1. The van der Waals surface area contributed by atoms with Gasteiger partial charge in [0.1, 0.15) is 23.9 Å². The predicted octanol–water partition coefficient (Wildman–Crippen LogP) is 2.71. The monoisotopic (exact) mass is 274 g/mol. The van der Waals surface area contributed by atoms with Crippen molar-refractivity contribution in [2.24, 2.45) is 10.9 Å². The zero-order valence-electron chi connectivity index (χ0n) is 11.0. The summed E-state index contributed by atoms with van der Waals surface area (Å²) in [5.41, 5.74) is 1.71. The molecule has 0 fully saturated rings. The third kappa shape index (κ3) is 3.47. The summed E-state index contributed by atoms with van der Waals surface area (Å²) in [4.78, 5) is 0. The Hall–Kier alpha value is -2.56. The van der Waals surface area contributed by atoms with Crippen molar-refractivity contribution >= 4 is 6.21 Å². The quantitative estimate of drug-likeness (QED) is 0.518. The molecule has 2 aromatic rings. The first-order chi connectivity index (χ1) is 9.72. The first kappa shape index (κ1) is 13.9. The van der Waals surface area contributed by atoms with Gasteiger partial charge in [-0.3, -0.25) is 0 Å². The largest absolute Gasteiger partial charge is 0.496 e. The van der Waals surface area contributed by atoms with Crippen LogP contribution in [0.15, 0.2) is 47.6 Å². The van der Waals surface area contributed by atoms with Crippen molar-refractivity contribution < 1.29 is 13.9 Å². The van der Waals surface area contributed by atoms with Crippen molar-refractivity contribution in [3.63, 3.8) is 0 Å². The first-order valence-corrected chi connectivity index (χ1v) is 6.01. The van der Waals surface area contributed by atoms with Crippen molar-refractivity contribution in [3.8, 4) is 11.5 Å². The molecule has 0 bridgehead atoms. The Bertz CT molecular complexity index is 597. The van der Waals surface area contributed by atoms with Crippen LogP contribution in [0.4, 0.5) is 4.39 Å². The fourth-order valence-corrected chi connectivity index (χ4v) is 1.77. The van der Waals surface area contributed by atoms with Crippen molar-refractivity contribution in [3.05, 3.63) is 59.4 Å². The summed E-state index contributed by atoms with van der Waals surface area (Å²) in [6, 6.07) is 11.4. The third-order valence-corrected chi connectivity index (χ3v) is 2.74. The zero-order valence-corrected chi connectivity index (χ0v) is 11.0. The Kier molecular flexibility index (Phi) is 4.55. The predicted molar refractivity (Wildman–Crippen MR) is 75.5 cm³/mol. The minimum Gasteiger partial charge on any atom is -0.496 e. The fraction of sp³-hybridized carbons (Fsp3) is 0.133. The number of methoxy groups -OCH3 is 1. The Balaban J connectivity index is 2.14. The van der Waals surface area contributed by atoms with Gasteiger partial charge in [-0.25, -0.2) is 4.39 Å². The minimum absolute atomic E-state index is 0.295. The van der Waals surface area contributed by atoms with E-state index in [0.29, 0.717) is 18.1 Å². The maximum absolute atomic E-state index is 12.8. The molecule has 0 atom stereocenters. The van der Waals surface area contributed by atoms with Gasteiger partial charge in [-0.2, -0.15) is 5.10 Å². The van der Waals surface area contributed by atoms with Crippen LogP contribution in [-0.2, 0) is 6.61 Å². The SMILES string of the molecule is COc1ccc(C=NN)cc1COc1ccc(F)cc1. The van der Waals surface area contributed by atoms with Gasteiger partial charge >= 0.3 is 0 Å². The molecular formula is C15H15FN2O2. The Morgan fingerprint density at radius 3 is 2.60 bits per heavy atom. The number of hydrazone groups is 1. The van der Waals surface area contributed by atoms with E-state index in [1.54, 1.807) is 25.5 Å². The second kappa shape index (κ2) is 6.56. The number of hydrogen-bond donors (Lipinski definition) is 1. The summed E-state index contributed by atoms with van der Waals surface area (Å²) in [6.45, 7) is 0.307. The average Bonchev–Trinajstić information content (AvgIpc) is 2.47. The normalized spacial score (nSPS) is 10.7. The summed E-state index contributed by atoms with van der Waals surface area (Å²) in [5.74, 6) is 6.14. The highest BCUT2D eigenvalue weighted by atomic mass is 19.1. The Labute approximate surface area is 116 Å². The van der Waals surface area contributed by atoms with Crippen molar-refractivity contribution in [2.45, 2.75) is 6.61 Å².